The lowest BCUT2D eigenvalue weighted by Gasteiger charge is -2.18. The van der Waals surface area contributed by atoms with E-state index in [4.69, 9.17) is 4.98 Å². The lowest BCUT2D eigenvalue weighted by molar-refractivity contribution is -0.113. The van der Waals surface area contributed by atoms with Crippen LogP contribution >= 0.6 is 22.7 Å². The van der Waals surface area contributed by atoms with Crippen molar-refractivity contribution in [1.29, 1.82) is 0 Å². The second-order valence-corrected chi connectivity index (χ2v) is 12.3. The molecule has 2 aromatic carbocycles. The maximum atomic E-state index is 12.8. The van der Waals surface area contributed by atoms with Gasteiger partial charge in [-0.2, -0.15) is 0 Å². The quantitative estimate of drug-likeness (QED) is 0.404. The topological polar surface area (TPSA) is 76.1 Å². The van der Waals surface area contributed by atoms with Gasteiger partial charge in [-0.15, -0.1) is 22.7 Å². The highest BCUT2D eigenvalue weighted by molar-refractivity contribution is 7.92. The number of benzene rings is 2. The molecule has 1 atom stereocenters. The minimum absolute atomic E-state index is 0.154. The zero-order valence-corrected chi connectivity index (χ0v) is 19.9. The number of carbonyl (C=O) groups is 1. The zero-order valence-electron chi connectivity index (χ0n) is 17.5. The van der Waals surface area contributed by atoms with E-state index in [-0.39, 0.29) is 4.90 Å². The Morgan fingerprint density at radius 1 is 1.09 bits per heavy atom. The molecule has 0 saturated carbocycles. The monoisotopic (exact) mass is 482 g/mol. The predicted octanol–water partition coefficient (Wildman–Crippen LogP) is 5.56. The third kappa shape index (κ3) is 4.10. The molecule has 8 heteroatoms. The summed E-state index contributed by atoms with van der Waals surface area (Å²) >= 11 is 3.17. The number of carbonyl (C=O) groups excluding carboxylic acids is 1. The van der Waals surface area contributed by atoms with Crippen molar-refractivity contribution in [1.82, 2.24) is 4.98 Å². The van der Waals surface area contributed by atoms with Crippen LogP contribution in [0.2, 0.25) is 0 Å². The highest BCUT2D eigenvalue weighted by Gasteiger charge is 2.28. The normalized spacial score (nSPS) is 16.1. The Labute approximate surface area is 195 Å². The molecule has 164 valence electrons. The number of hydrogen-bond acceptors (Lipinski definition) is 6. The van der Waals surface area contributed by atoms with E-state index in [1.54, 1.807) is 40.9 Å². The molecule has 0 fully saturated rings. The van der Waals surface area contributed by atoms with E-state index in [0.29, 0.717) is 10.9 Å². The molecule has 0 spiro atoms. The molecule has 2 heterocycles. The third-order valence-electron chi connectivity index (χ3n) is 5.70. The number of thiophene rings is 1. The van der Waals surface area contributed by atoms with Crippen LogP contribution in [0.1, 0.15) is 23.8 Å². The maximum absolute atomic E-state index is 12.8. The molecule has 1 N–H and O–H groups in total. The number of fused-ring (bicyclic) bond motifs is 2. The molecule has 0 bridgehead atoms. The molecule has 5 nitrogen and oxygen atoms in total. The summed E-state index contributed by atoms with van der Waals surface area (Å²) in [5.74, 6) is -0.524. The molecular formula is C24H22N2O3S3. The summed E-state index contributed by atoms with van der Waals surface area (Å²) in [5.41, 5.74) is 3.14. The number of anilines is 1. The lowest BCUT2D eigenvalue weighted by atomic mass is 9.88. The average molecular weight is 483 g/mol. The Hall–Kier alpha value is -2.55. The number of thiazole rings is 1. The third-order valence-corrected chi connectivity index (χ3v) is 9.55. The number of amides is 1. The van der Waals surface area contributed by atoms with Gasteiger partial charge in [-0.1, -0.05) is 37.3 Å². The zero-order chi connectivity index (χ0) is 22.3. The van der Waals surface area contributed by atoms with E-state index in [0.717, 1.165) is 40.1 Å². The van der Waals surface area contributed by atoms with Crippen molar-refractivity contribution in [2.24, 2.45) is 5.92 Å². The molecular weight excluding hydrogens is 460 g/mol. The fourth-order valence-corrected chi connectivity index (χ4v) is 7.78. The van der Waals surface area contributed by atoms with Gasteiger partial charge in [0, 0.05) is 10.4 Å². The molecule has 1 aliphatic carbocycles. The first kappa shape index (κ1) is 21.3. The Morgan fingerprint density at radius 2 is 1.84 bits per heavy atom. The van der Waals surface area contributed by atoms with Crippen molar-refractivity contribution in [3.8, 4) is 10.6 Å². The number of aromatic nitrogens is 1. The van der Waals surface area contributed by atoms with Crippen molar-refractivity contribution in [2.75, 3.05) is 11.1 Å². The minimum Gasteiger partial charge on any atom is -0.316 e. The van der Waals surface area contributed by atoms with Gasteiger partial charge in [-0.05, 0) is 55.0 Å². The Morgan fingerprint density at radius 3 is 2.62 bits per heavy atom. The molecule has 4 aromatic rings. The van der Waals surface area contributed by atoms with Crippen molar-refractivity contribution >= 4 is 53.6 Å². The molecule has 1 aliphatic rings. The highest BCUT2D eigenvalue weighted by Crippen LogP contribution is 2.47. The van der Waals surface area contributed by atoms with Crippen LogP contribution in [-0.2, 0) is 27.5 Å². The molecule has 32 heavy (non-hydrogen) atoms. The number of hydrogen-bond donors (Lipinski definition) is 1. The second kappa shape index (κ2) is 8.42. The summed E-state index contributed by atoms with van der Waals surface area (Å²) in [4.78, 5) is 19.1. The molecule has 2 aromatic heterocycles. The standard InChI is InChI=1S/C24H22N2O3S3/c1-15-11-12-17-20(13-15)31-24(22(17)23-25-18-9-5-6-10-19(18)30-23)26-21(27)14-32(28,29)16-7-3-2-4-8-16/h2-10,15H,11-14H2,1H3,(H,26,27)/t15-/m0/s1. The smallest absolute Gasteiger partial charge is 0.240 e. The molecule has 0 saturated heterocycles. The number of sulfone groups is 1. The summed E-state index contributed by atoms with van der Waals surface area (Å²) in [5, 5.41) is 4.50. The second-order valence-electron chi connectivity index (χ2n) is 8.16. The summed E-state index contributed by atoms with van der Waals surface area (Å²) < 4.78 is 26.4. The largest absolute Gasteiger partial charge is 0.316 e. The van der Waals surface area contributed by atoms with E-state index in [2.05, 4.69) is 12.2 Å². The van der Waals surface area contributed by atoms with Gasteiger partial charge in [-0.3, -0.25) is 4.79 Å². The average Bonchev–Trinajstić information content (AvgIpc) is 3.33. The van der Waals surface area contributed by atoms with Gasteiger partial charge >= 0.3 is 0 Å². The Kier molecular flexibility index (Phi) is 5.61. The van der Waals surface area contributed by atoms with Crippen LogP contribution in [0.25, 0.3) is 20.8 Å². The van der Waals surface area contributed by atoms with Gasteiger partial charge in [0.15, 0.2) is 9.84 Å². The van der Waals surface area contributed by atoms with Gasteiger partial charge in [0.2, 0.25) is 5.91 Å². The number of rotatable bonds is 5. The molecule has 5 rings (SSSR count). The number of para-hydroxylation sites is 1. The van der Waals surface area contributed by atoms with Crippen LogP contribution in [0.15, 0.2) is 59.5 Å². The van der Waals surface area contributed by atoms with Crippen molar-refractivity contribution < 1.29 is 13.2 Å². The molecule has 1 amide bonds. The summed E-state index contributed by atoms with van der Waals surface area (Å²) in [6, 6.07) is 16.1. The summed E-state index contributed by atoms with van der Waals surface area (Å²) in [6.45, 7) is 2.24. The van der Waals surface area contributed by atoms with E-state index >= 15 is 0 Å². The molecule has 0 unspecified atom stereocenters. The summed E-state index contributed by atoms with van der Waals surface area (Å²) in [6.07, 6.45) is 3.00. The maximum Gasteiger partial charge on any atom is 0.240 e. The molecule has 0 radical (unpaired) electrons. The van der Waals surface area contributed by atoms with Crippen LogP contribution in [0, 0.1) is 5.92 Å². The lowest BCUT2D eigenvalue weighted by Crippen LogP contribution is -2.22. The number of nitrogens with zero attached hydrogens (tertiary/aromatic N) is 1. The minimum atomic E-state index is -3.71. The van der Waals surface area contributed by atoms with E-state index < -0.39 is 21.5 Å². The van der Waals surface area contributed by atoms with Crippen LogP contribution in [0.3, 0.4) is 0 Å². The van der Waals surface area contributed by atoms with Crippen LogP contribution < -0.4 is 5.32 Å². The van der Waals surface area contributed by atoms with E-state index in [9.17, 15) is 13.2 Å². The number of nitrogens with one attached hydrogen (secondary N) is 1. The first-order valence-electron chi connectivity index (χ1n) is 10.5. The Bertz CT molecular complexity index is 1370. The van der Waals surface area contributed by atoms with Gasteiger partial charge in [-0.25, -0.2) is 13.4 Å². The Balaban J connectivity index is 1.50. The fourth-order valence-electron chi connectivity index (χ4n) is 4.09. The highest BCUT2D eigenvalue weighted by atomic mass is 32.2. The SMILES string of the molecule is C[C@H]1CCc2c(sc(NC(=O)CS(=O)(=O)c3ccccc3)c2-c2nc3ccccc3s2)C1. The summed E-state index contributed by atoms with van der Waals surface area (Å²) in [7, 11) is -3.71. The molecule has 0 aliphatic heterocycles. The first-order valence-corrected chi connectivity index (χ1v) is 13.8. The van der Waals surface area contributed by atoms with E-state index in [1.807, 2.05) is 24.3 Å². The van der Waals surface area contributed by atoms with Gasteiger partial charge in [0.1, 0.15) is 15.8 Å². The van der Waals surface area contributed by atoms with Gasteiger partial charge < -0.3 is 5.32 Å². The fraction of sp³-hybridized carbons (Fsp3) is 0.250. The first-order chi connectivity index (χ1) is 15.4. The predicted molar refractivity (Wildman–Crippen MR) is 131 cm³/mol. The van der Waals surface area contributed by atoms with Crippen LogP contribution in [0.5, 0.6) is 0 Å². The van der Waals surface area contributed by atoms with Crippen molar-refractivity contribution in [2.45, 2.75) is 31.1 Å². The van der Waals surface area contributed by atoms with Gasteiger partial charge in [0.25, 0.3) is 0 Å². The van der Waals surface area contributed by atoms with Crippen molar-refractivity contribution in [3.63, 3.8) is 0 Å². The van der Waals surface area contributed by atoms with Crippen LogP contribution in [-0.4, -0.2) is 25.1 Å². The van der Waals surface area contributed by atoms with Crippen molar-refractivity contribution in [3.05, 3.63) is 65.0 Å². The van der Waals surface area contributed by atoms with E-state index in [1.165, 1.54) is 22.6 Å². The van der Waals surface area contributed by atoms with Gasteiger partial charge in [0.05, 0.1) is 15.1 Å². The van der Waals surface area contributed by atoms with Crippen LogP contribution in [0.4, 0.5) is 5.00 Å².